The van der Waals surface area contributed by atoms with Crippen LogP contribution in [0, 0.1) is 18.3 Å². The minimum Gasteiger partial charge on any atom is -0.444 e. The average Bonchev–Trinajstić information content (AvgIpc) is 2.66. The summed E-state index contributed by atoms with van der Waals surface area (Å²) in [7, 11) is 0. The minimum atomic E-state index is -0.962. The van der Waals surface area contributed by atoms with Crippen molar-refractivity contribution in [2.75, 3.05) is 6.54 Å². The lowest BCUT2D eigenvalue weighted by Crippen LogP contribution is -2.56. The van der Waals surface area contributed by atoms with Crippen molar-refractivity contribution >= 4 is 17.9 Å². The largest absolute Gasteiger partial charge is 0.444 e. The SMILES string of the molecule is C#Cc1ccccc1C(C(=O)NC(C)(C)C)N(CC)C(=O)C(NC(=O)OC(C)(C)C)C(C)C. The number of carbonyl (C=O) groups is 3. The second-order valence-corrected chi connectivity index (χ2v) is 10.4. The zero-order chi connectivity index (χ0) is 25.6. The second kappa shape index (κ2) is 11.2. The van der Waals surface area contributed by atoms with Crippen LogP contribution in [0.5, 0.6) is 0 Å². The number of rotatable bonds is 7. The van der Waals surface area contributed by atoms with Crippen molar-refractivity contribution in [2.24, 2.45) is 5.92 Å². The van der Waals surface area contributed by atoms with Gasteiger partial charge >= 0.3 is 6.09 Å². The summed E-state index contributed by atoms with van der Waals surface area (Å²) in [4.78, 5) is 41.1. The Labute approximate surface area is 198 Å². The van der Waals surface area contributed by atoms with Gasteiger partial charge in [-0.2, -0.15) is 0 Å². The number of nitrogens with one attached hydrogen (secondary N) is 2. The molecule has 7 heteroatoms. The Bertz CT molecular complexity index is 888. The Kier molecular flexibility index (Phi) is 9.53. The molecule has 0 bridgehead atoms. The van der Waals surface area contributed by atoms with Crippen molar-refractivity contribution in [1.29, 1.82) is 0 Å². The molecule has 1 rings (SSSR count). The minimum absolute atomic E-state index is 0.235. The van der Waals surface area contributed by atoms with Crippen LogP contribution in [0.2, 0.25) is 0 Å². The van der Waals surface area contributed by atoms with Crippen LogP contribution in [-0.4, -0.2) is 46.5 Å². The fraction of sp³-hybridized carbons (Fsp3) is 0.577. The van der Waals surface area contributed by atoms with Crippen molar-refractivity contribution in [2.45, 2.75) is 85.5 Å². The van der Waals surface area contributed by atoms with Crippen LogP contribution in [0.25, 0.3) is 0 Å². The third-order valence-electron chi connectivity index (χ3n) is 4.70. The molecule has 7 nitrogen and oxygen atoms in total. The maximum absolute atomic E-state index is 13.7. The van der Waals surface area contributed by atoms with E-state index < -0.39 is 29.3 Å². The van der Waals surface area contributed by atoms with Crippen LogP contribution >= 0.6 is 0 Å². The second-order valence-electron chi connectivity index (χ2n) is 10.4. The molecule has 0 aliphatic heterocycles. The fourth-order valence-electron chi connectivity index (χ4n) is 3.35. The quantitative estimate of drug-likeness (QED) is 0.606. The van der Waals surface area contributed by atoms with E-state index in [1.165, 1.54) is 4.90 Å². The number of likely N-dealkylation sites (N-methyl/N-ethyl adjacent to an activating group) is 1. The Morgan fingerprint density at radius 1 is 1.09 bits per heavy atom. The number of hydrogen-bond donors (Lipinski definition) is 2. The highest BCUT2D eigenvalue weighted by atomic mass is 16.6. The molecule has 33 heavy (non-hydrogen) atoms. The molecule has 0 spiro atoms. The maximum Gasteiger partial charge on any atom is 0.408 e. The van der Waals surface area contributed by atoms with Crippen LogP contribution < -0.4 is 10.6 Å². The normalized spacial score (nSPS) is 13.5. The van der Waals surface area contributed by atoms with Crippen molar-refractivity contribution in [3.63, 3.8) is 0 Å². The smallest absolute Gasteiger partial charge is 0.408 e. The molecule has 0 heterocycles. The highest BCUT2D eigenvalue weighted by Crippen LogP contribution is 2.27. The number of hydrogen-bond acceptors (Lipinski definition) is 4. The van der Waals surface area contributed by atoms with Crippen molar-refractivity contribution in [3.8, 4) is 12.3 Å². The summed E-state index contributed by atoms with van der Waals surface area (Å²) >= 11 is 0. The Hall–Kier alpha value is -3.01. The fourth-order valence-corrected chi connectivity index (χ4v) is 3.35. The first-order valence-electron chi connectivity index (χ1n) is 11.3. The third kappa shape index (κ3) is 8.45. The highest BCUT2D eigenvalue weighted by molar-refractivity contribution is 5.92. The van der Waals surface area contributed by atoms with Crippen LogP contribution in [-0.2, 0) is 14.3 Å². The topological polar surface area (TPSA) is 87.7 Å². The van der Waals surface area contributed by atoms with E-state index in [0.717, 1.165) is 0 Å². The maximum atomic E-state index is 13.7. The number of amides is 3. The molecule has 2 N–H and O–H groups in total. The molecule has 1 aromatic carbocycles. The lowest BCUT2D eigenvalue weighted by molar-refractivity contribution is -0.143. The standard InChI is InChI=1S/C26H39N3O4/c1-11-18-15-13-14-16-19(18)21(22(30)28-25(5,6)7)29(12-2)23(31)20(17(3)4)27-24(32)33-26(8,9)10/h1,13-17,20-21H,12H2,2-10H3,(H,27,32)(H,28,30). The summed E-state index contributed by atoms with van der Waals surface area (Å²) in [5.74, 6) is 1.63. The molecule has 2 unspecified atom stereocenters. The number of carbonyl (C=O) groups excluding carboxylic acids is 3. The van der Waals surface area contributed by atoms with Crippen LogP contribution in [0.1, 0.15) is 79.5 Å². The molecular formula is C26H39N3O4. The monoisotopic (exact) mass is 457 g/mol. The van der Waals surface area contributed by atoms with E-state index in [1.54, 1.807) is 52.0 Å². The summed E-state index contributed by atoms with van der Waals surface area (Å²) < 4.78 is 5.35. The number of benzene rings is 1. The summed E-state index contributed by atoms with van der Waals surface area (Å²) in [6, 6.07) is 5.22. The van der Waals surface area contributed by atoms with Gasteiger partial charge in [-0.15, -0.1) is 6.42 Å². The van der Waals surface area contributed by atoms with Gasteiger partial charge in [0.05, 0.1) is 0 Å². The lowest BCUT2D eigenvalue weighted by Gasteiger charge is -2.36. The average molecular weight is 458 g/mol. The predicted molar refractivity (Wildman–Crippen MR) is 130 cm³/mol. The summed E-state index contributed by atoms with van der Waals surface area (Å²) in [5.41, 5.74) is -0.148. The van der Waals surface area contributed by atoms with Gasteiger partial charge in [0, 0.05) is 17.6 Å². The summed E-state index contributed by atoms with van der Waals surface area (Å²) in [6.45, 7) is 16.5. The first kappa shape index (κ1) is 28.0. The first-order valence-corrected chi connectivity index (χ1v) is 11.3. The molecule has 0 saturated heterocycles. The summed E-state index contributed by atoms with van der Waals surface area (Å²) in [5, 5.41) is 5.65. The molecule has 0 aliphatic carbocycles. The molecule has 3 amide bonds. The highest BCUT2D eigenvalue weighted by Gasteiger charge is 2.38. The van der Waals surface area contributed by atoms with E-state index in [4.69, 9.17) is 11.2 Å². The van der Waals surface area contributed by atoms with Gasteiger partial charge in [0.15, 0.2) is 0 Å². The van der Waals surface area contributed by atoms with E-state index in [2.05, 4.69) is 16.6 Å². The molecule has 1 aromatic rings. The van der Waals surface area contributed by atoms with Gasteiger partial charge < -0.3 is 20.3 Å². The third-order valence-corrected chi connectivity index (χ3v) is 4.70. The molecule has 2 atom stereocenters. The molecule has 182 valence electrons. The van der Waals surface area contributed by atoms with Gasteiger partial charge in [-0.25, -0.2) is 4.79 Å². The zero-order valence-corrected chi connectivity index (χ0v) is 21.4. The Morgan fingerprint density at radius 3 is 2.12 bits per heavy atom. The summed E-state index contributed by atoms with van der Waals surface area (Å²) in [6.07, 6.45) is 5.02. The molecule has 0 fully saturated rings. The molecule has 0 aromatic heterocycles. The van der Waals surface area contributed by atoms with Gasteiger partial charge in [0.1, 0.15) is 17.7 Å². The van der Waals surface area contributed by atoms with Gasteiger partial charge in [0.2, 0.25) is 11.8 Å². The number of alkyl carbamates (subject to hydrolysis) is 1. The van der Waals surface area contributed by atoms with Gasteiger partial charge in [-0.05, 0) is 66.0 Å². The van der Waals surface area contributed by atoms with Gasteiger partial charge in [0.25, 0.3) is 0 Å². The van der Waals surface area contributed by atoms with Crippen LogP contribution in [0.4, 0.5) is 4.79 Å². The van der Waals surface area contributed by atoms with E-state index in [-0.39, 0.29) is 24.3 Å². The van der Waals surface area contributed by atoms with Crippen molar-refractivity contribution in [3.05, 3.63) is 35.4 Å². The molecule has 0 radical (unpaired) electrons. The van der Waals surface area contributed by atoms with E-state index in [9.17, 15) is 14.4 Å². The van der Waals surface area contributed by atoms with Crippen LogP contribution in [0.3, 0.4) is 0 Å². The zero-order valence-electron chi connectivity index (χ0n) is 21.4. The van der Waals surface area contributed by atoms with Gasteiger partial charge in [-0.1, -0.05) is 38.0 Å². The number of ether oxygens (including phenoxy) is 1. The Morgan fingerprint density at radius 2 is 1.67 bits per heavy atom. The van der Waals surface area contributed by atoms with Crippen LogP contribution in [0.15, 0.2) is 24.3 Å². The van der Waals surface area contributed by atoms with E-state index >= 15 is 0 Å². The number of terminal acetylenes is 1. The van der Waals surface area contributed by atoms with Gasteiger partial charge in [-0.3, -0.25) is 9.59 Å². The van der Waals surface area contributed by atoms with E-state index in [0.29, 0.717) is 11.1 Å². The number of nitrogens with zero attached hydrogens (tertiary/aromatic N) is 1. The molecule has 0 saturated carbocycles. The predicted octanol–water partition coefficient (Wildman–Crippen LogP) is 4.02. The lowest BCUT2D eigenvalue weighted by atomic mass is 9.95. The van der Waals surface area contributed by atoms with Crippen molar-refractivity contribution < 1.29 is 19.1 Å². The van der Waals surface area contributed by atoms with Crippen molar-refractivity contribution in [1.82, 2.24) is 15.5 Å². The first-order chi connectivity index (χ1) is 15.1. The molecular weight excluding hydrogens is 418 g/mol. The van der Waals surface area contributed by atoms with E-state index in [1.807, 2.05) is 34.6 Å². The molecule has 0 aliphatic rings. The Balaban J connectivity index is 3.46.